The number of halogens is 2. The average molecular weight is 561 g/mol. The quantitative estimate of drug-likeness (QED) is 0.250. The van der Waals surface area contributed by atoms with Crippen molar-refractivity contribution in [2.45, 2.75) is 83.5 Å². The van der Waals surface area contributed by atoms with Gasteiger partial charge in [0.05, 0.1) is 6.10 Å². The van der Waals surface area contributed by atoms with Crippen LogP contribution in [0.25, 0.3) is 0 Å². The van der Waals surface area contributed by atoms with Gasteiger partial charge in [0.25, 0.3) is 0 Å². The average Bonchev–Trinajstić information content (AvgIpc) is 2.92. The molecule has 40 heavy (non-hydrogen) atoms. The number of benzene rings is 2. The Morgan fingerprint density at radius 1 is 1.00 bits per heavy atom. The minimum Gasteiger partial charge on any atom is -0.390 e. The fraction of sp³-hybridized carbons (Fsp3) is 0.500. The number of urea groups is 1. The molecule has 0 aliphatic heterocycles. The molecule has 0 aromatic heterocycles. The highest BCUT2D eigenvalue weighted by atomic mass is 19.1. The molecule has 0 bridgehead atoms. The van der Waals surface area contributed by atoms with E-state index in [2.05, 4.69) is 10.6 Å². The second-order valence-electron chi connectivity index (χ2n) is 10.1. The third-order valence-electron chi connectivity index (χ3n) is 6.73. The van der Waals surface area contributed by atoms with Crippen molar-refractivity contribution in [1.82, 2.24) is 15.5 Å². The number of nitrogens with two attached hydrogens (primary N) is 1. The first-order chi connectivity index (χ1) is 19.1. The van der Waals surface area contributed by atoms with Crippen molar-refractivity contribution in [3.8, 4) is 0 Å². The summed E-state index contributed by atoms with van der Waals surface area (Å²) in [7, 11) is 1.43. The predicted molar refractivity (Wildman–Crippen MR) is 150 cm³/mol. The number of carbonyl (C=O) groups is 3. The molecule has 0 radical (unpaired) electrons. The monoisotopic (exact) mass is 560 g/mol. The molecule has 5 N–H and O–H groups in total. The molecule has 0 saturated carbocycles. The van der Waals surface area contributed by atoms with E-state index in [4.69, 9.17) is 5.73 Å². The van der Waals surface area contributed by atoms with Crippen molar-refractivity contribution in [2.75, 3.05) is 13.6 Å². The first-order valence-electron chi connectivity index (χ1n) is 13.8. The summed E-state index contributed by atoms with van der Waals surface area (Å²) in [5.74, 6) is -1.97. The number of carbonyl (C=O) groups excluding carboxylic acids is 3. The summed E-state index contributed by atoms with van der Waals surface area (Å²) in [6, 6.07) is 8.19. The molecule has 3 atom stereocenters. The molecular weight excluding hydrogens is 518 g/mol. The molecule has 8 nitrogen and oxygen atoms in total. The number of hydrogen-bond donors (Lipinski definition) is 4. The summed E-state index contributed by atoms with van der Waals surface area (Å²) >= 11 is 0. The highest BCUT2D eigenvalue weighted by Gasteiger charge is 2.29. The zero-order valence-corrected chi connectivity index (χ0v) is 23.6. The molecule has 0 aliphatic carbocycles. The van der Waals surface area contributed by atoms with Gasteiger partial charge in [-0.15, -0.1) is 0 Å². The zero-order chi connectivity index (χ0) is 29.7. The predicted octanol–water partition coefficient (Wildman–Crippen LogP) is 3.62. The van der Waals surface area contributed by atoms with Crippen LogP contribution < -0.4 is 16.4 Å². The van der Waals surface area contributed by atoms with Crippen molar-refractivity contribution in [3.63, 3.8) is 0 Å². The molecule has 0 unspecified atom stereocenters. The normalized spacial score (nSPS) is 13.3. The highest BCUT2D eigenvalue weighted by molar-refractivity contribution is 5.88. The minimum atomic E-state index is -1.24. The summed E-state index contributed by atoms with van der Waals surface area (Å²) < 4.78 is 27.3. The number of aliphatic hydroxyl groups excluding tert-OH is 1. The first kappa shape index (κ1) is 32.8. The van der Waals surface area contributed by atoms with Crippen LogP contribution in [0.2, 0.25) is 0 Å². The van der Waals surface area contributed by atoms with E-state index < -0.39 is 41.8 Å². The molecule has 0 aliphatic rings. The van der Waals surface area contributed by atoms with Gasteiger partial charge < -0.3 is 26.4 Å². The van der Waals surface area contributed by atoms with E-state index in [-0.39, 0.29) is 43.7 Å². The number of nitrogens with one attached hydrogen (secondary N) is 2. The molecule has 0 saturated heterocycles. The fourth-order valence-corrected chi connectivity index (χ4v) is 4.41. The second kappa shape index (κ2) is 16.7. The lowest BCUT2D eigenvalue weighted by molar-refractivity contribution is -0.135. The lowest BCUT2D eigenvalue weighted by atomic mass is 10.00. The van der Waals surface area contributed by atoms with Gasteiger partial charge in [0.15, 0.2) is 0 Å². The number of aliphatic hydroxyl groups is 1. The Balaban J connectivity index is 2.28. The zero-order valence-electron chi connectivity index (χ0n) is 23.6. The summed E-state index contributed by atoms with van der Waals surface area (Å²) in [5, 5.41) is 16.0. The SMILES string of the molecule is CCCCC(=O)CC[C@@H](NC(=O)NC)C(=O)N(Cc1cccc(CC)c1)C[C@@H](O)[C@@H](N)Cc1cc(F)cc(F)c1. The Labute approximate surface area is 235 Å². The summed E-state index contributed by atoms with van der Waals surface area (Å²) in [4.78, 5) is 39.7. The van der Waals surface area contributed by atoms with Crippen LogP contribution >= 0.6 is 0 Å². The van der Waals surface area contributed by atoms with E-state index in [0.29, 0.717) is 6.42 Å². The maximum Gasteiger partial charge on any atom is 0.315 e. The van der Waals surface area contributed by atoms with Crippen LogP contribution in [-0.2, 0) is 29.0 Å². The molecular formula is C30H42F2N4O4. The number of aryl methyl sites for hydroxylation is 1. The standard InChI is InChI=1S/C30H42F2N4O4/c1-4-6-10-25(37)11-12-27(35-30(40)34-3)29(39)36(18-21-9-7-8-20(5-2)13-21)19-28(38)26(33)16-22-14-23(31)17-24(32)15-22/h7-9,13-15,17,26-28,38H,4-6,10-12,16,18-19,33H2,1-3H3,(H2,34,35,40)/t26-,27+,28+/m0/s1. The Bertz CT molecular complexity index is 1110. The summed E-state index contributed by atoms with van der Waals surface area (Å²) in [6.07, 6.45) is 1.78. The Hall–Kier alpha value is -3.37. The van der Waals surface area contributed by atoms with E-state index in [9.17, 15) is 28.3 Å². The van der Waals surface area contributed by atoms with E-state index in [1.54, 1.807) is 0 Å². The molecule has 10 heteroatoms. The molecule has 2 aromatic carbocycles. The van der Waals surface area contributed by atoms with Gasteiger partial charge in [-0.2, -0.15) is 0 Å². The van der Waals surface area contributed by atoms with Crippen LogP contribution in [-0.4, -0.2) is 59.5 Å². The third kappa shape index (κ3) is 11.0. The minimum absolute atomic E-state index is 0.00457. The van der Waals surface area contributed by atoms with Crippen molar-refractivity contribution in [3.05, 3.63) is 70.8 Å². The van der Waals surface area contributed by atoms with Crippen molar-refractivity contribution in [1.29, 1.82) is 0 Å². The van der Waals surface area contributed by atoms with E-state index in [1.807, 2.05) is 38.1 Å². The van der Waals surface area contributed by atoms with E-state index in [1.165, 1.54) is 11.9 Å². The van der Waals surface area contributed by atoms with Crippen LogP contribution in [0, 0.1) is 11.6 Å². The number of amides is 3. The molecule has 0 fully saturated rings. The number of rotatable bonds is 16. The molecule has 0 heterocycles. The maximum atomic E-state index is 13.8. The van der Waals surface area contributed by atoms with E-state index in [0.717, 1.165) is 48.6 Å². The first-order valence-corrected chi connectivity index (χ1v) is 13.8. The number of Topliss-reactive ketones (excluding diaryl/α,β-unsaturated/α-hetero) is 1. The number of nitrogens with zero attached hydrogens (tertiary/aromatic N) is 1. The van der Waals surface area contributed by atoms with Crippen LogP contribution in [0.15, 0.2) is 42.5 Å². The summed E-state index contributed by atoms with van der Waals surface area (Å²) in [6.45, 7) is 3.93. The smallest absolute Gasteiger partial charge is 0.315 e. The highest BCUT2D eigenvalue weighted by Crippen LogP contribution is 2.16. The van der Waals surface area contributed by atoms with Gasteiger partial charge in [0.1, 0.15) is 23.5 Å². The van der Waals surface area contributed by atoms with Crippen molar-refractivity contribution >= 4 is 17.7 Å². The number of ketones is 1. The van der Waals surface area contributed by atoms with Crippen LogP contribution in [0.5, 0.6) is 0 Å². The molecule has 2 aromatic rings. The lowest BCUT2D eigenvalue weighted by Gasteiger charge is -2.31. The molecule has 2 rings (SSSR count). The van der Waals surface area contributed by atoms with E-state index >= 15 is 0 Å². The second-order valence-corrected chi connectivity index (χ2v) is 10.1. The Kier molecular flexibility index (Phi) is 13.7. The maximum absolute atomic E-state index is 13.8. The van der Waals surface area contributed by atoms with Gasteiger partial charge in [-0.1, -0.05) is 44.5 Å². The topological polar surface area (TPSA) is 125 Å². The fourth-order valence-electron chi connectivity index (χ4n) is 4.41. The van der Waals surface area contributed by atoms with Gasteiger partial charge >= 0.3 is 6.03 Å². The Morgan fingerprint density at radius 2 is 1.68 bits per heavy atom. The van der Waals surface area contributed by atoms with Crippen molar-refractivity contribution in [2.24, 2.45) is 5.73 Å². The van der Waals surface area contributed by atoms with Gasteiger partial charge in [0, 0.05) is 45.1 Å². The lowest BCUT2D eigenvalue weighted by Crippen LogP contribution is -2.53. The summed E-state index contributed by atoms with van der Waals surface area (Å²) in [5.41, 5.74) is 8.37. The number of unbranched alkanes of at least 4 members (excludes halogenated alkanes) is 1. The third-order valence-corrected chi connectivity index (χ3v) is 6.73. The van der Waals surface area contributed by atoms with Gasteiger partial charge in [-0.25, -0.2) is 13.6 Å². The molecule has 220 valence electrons. The van der Waals surface area contributed by atoms with Crippen LogP contribution in [0.4, 0.5) is 13.6 Å². The van der Waals surface area contributed by atoms with Gasteiger partial charge in [-0.3, -0.25) is 9.59 Å². The van der Waals surface area contributed by atoms with Gasteiger partial charge in [-0.05, 0) is 54.5 Å². The largest absolute Gasteiger partial charge is 0.390 e. The number of hydrogen-bond acceptors (Lipinski definition) is 5. The Morgan fingerprint density at radius 3 is 2.30 bits per heavy atom. The molecule has 3 amide bonds. The van der Waals surface area contributed by atoms with Crippen LogP contribution in [0.1, 0.15) is 62.6 Å². The van der Waals surface area contributed by atoms with Crippen molar-refractivity contribution < 1.29 is 28.3 Å². The molecule has 0 spiro atoms. The van der Waals surface area contributed by atoms with Crippen LogP contribution in [0.3, 0.4) is 0 Å². The van der Waals surface area contributed by atoms with Gasteiger partial charge in [0.2, 0.25) is 5.91 Å².